The van der Waals surface area contributed by atoms with Crippen LogP contribution in [0.3, 0.4) is 0 Å². The molecule has 1 heterocycles. The summed E-state index contributed by atoms with van der Waals surface area (Å²) < 4.78 is 0. The number of hydrogen-bond donors (Lipinski definition) is 1. The monoisotopic (exact) mass is 224 g/mol. The van der Waals surface area contributed by atoms with E-state index >= 15 is 0 Å². The van der Waals surface area contributed by atoms with Crippen molar-refractivity contribution in [1.82, 2.24) is 10.2 Å². The molecule has 1 aliphatic heterocycles. The largest absolute Gasteiger partial charge is 0.347 e. The van der Waals surface area contributed by atoms with E-state index in [1.54, 1.807) is 0 Å². The highest BCUT2D eigenvalue weighted by molar-refractivity contribution is 5.87. The summed E-state index contributed by atoms with van der Waals surface area (Å²) in [5.41, 5.74) is -0.0123. The van der Waals surface area contributed by atoms with Crippen molar-refractivity contribution in [3.63, 3.8) is 0 Å². The van der Waals surface area contributed by atoms with E-state index < -0.39 is 0 Å². The minimum atomic E-state index is -0.124. The van der Waals surface area contributed by atoms with Gasteiger partial charge in [0.05, 0.1) is 0 Å². The van der Waals surface area contributed by atoms with E-state index in [1.165, 1.54) is 6.08 Å². The van der Waals surface area contributed by atoms with Gasteiger partial charge >= 0.3 is 0 Å². The Morgan fingerprint density at radius 1 is 1.50 bits per heavy atom. The Morgan fingerprint density at radius 3 is 2.50 bits per heavy atom. The highest BCUT2D eigenvalue weighted by Crippen LogP contribution is 2.36. The van der Waals surface area contributed by atoms with Gasteiger partial charge in [-0.15, -0.1) is 0 Å². The van der Waals surface area contributed by atoms with Gasteiger partial charge in [0.2, 0.25) is 5.91 Å². The Balaban J connectivity index is 2.83. The van der Waals surface area contributed by atoms with Crippen molar-refractivity contribution in [3.05, 3.63) is 12.7 Å². The van der Waals surface area contributed by atoms with Crippen molar-refractivity contribution >= 4 is 5.91 Å². The quantitative estimate of drug-likeness (QED) is 0.727. The SMILES string of the molecule is C=CC(=O)NC1(C)CC(C)N(C)C(C)(C)C1. The van der Waals surface area contributed by atoms with Gasteiger partial charge in [0.1, 0.15) is 0 Å². The van der Waals surface area contributed by atoms with Gasteiger partial charge in [-0.3, -0.25) is 9.69 Å². The molecule has 2 unspecified atom stereocenters. The first-order valence-electron chi connectivity index (χ1n) is 5.88. The van der Waals surface area contributed by atoms with Gasteiger partial charge < -0.3 is 5.32 Å². The standard InChI is InChI=1S/C13H24N2O/c1-7-11(16)14-13(5)8-10(2)15(6)12(3,4)9-13/h7,10H,1,8-9H2,2-6H3,(H,14,16). The maximum atomic E-state index is 11.4. The van der Waals surface area contributed by atoms with Crippen LogP contribution in [0.15, 0.2) is 12.7 Å². The smallest absolute Gasteiger partial charge is 0.243 e. The lowest BCUT2D eigenvalue weighted by Crippen LogP contribution is -2.62. The molecule has 0 aromatic carbocycles. The Hall–Kier alpha value is -0.830. The average Bonchev–Trinajstić information content (AvgIpc) is 2.12. The lowest BCUT2D eigenvalue weighted by atomic mass is 9.75. The second-order valence-corrected chi connectivity index (χ2v) is 5.91. The number of nitrogens with one attached hydrogen (secondary N) is 1. The number of rotatable bonds is 2. The second-order valence-electron chi connectivity index (χ2n) is 5.91. The van der Waals surface area contributed by atoms with Crippen LogP contribution in [0.5, 0.6) is 0 Å². The van der Waals surface area contributed by atoms with E-state index in [1.807, 2.05) is 0 Å². The highest BCUT2D eigenvalue weighted by atomic mass is 16.1. The van der Waals surface area contributed by atoms with Crippen LogP contribution in [-0.2, 0) is 4.79 Å². The zero-order valence-corrected chi connectivity index (χ0v) is 11.1. The van der Waals surface area contributed by atoms with E-state index in [2.05, 4.69) is 51.5 Å². The summed E-state index contributed by atoms with van der Waals surface area (Å²) in [6.07, 6.45) is 3.29. The van der Waals surface area contributed by atoms with Gasteiger partial charge in [-0.2, -0.15) is 0 Å². The molecule has 1 saturated heterocycles. The molecule has 2 atom stereocenters. The van der Waals surface area contributed by atoms with E-state index in [0.29, 0.717) is 6.04 Å². The third kappa shape index (κ3) is 2.64. The summed E-state index contributed by atoms with van der Waals surface area (Å²) in [6, 6.07) is 0.471. The van der Waals surface area contributed by atoms with Gasteiger partial charge in [0.25, 0.3) is 0 Å². The number of likely N-dealkylation sites (tertiary alicyclic amines) is 1. The van der Waals surface area contributed by atoms with Crippen LogP contribution >= 0.6 is 0 Å². The minimum Gasteiger partial charge on any atom is -0.347 e. The van der Waals surface area contributed by atoms with E-state index in [4.69, 9.17) is 0 Å². The molecule has 92 valence electrons. The molecule has 0 aromatic heterocycles. The zero-order valence-electron chi connectivity index (χ0n) is 11.1. The summed E-state index contributed by atoms with van der Waals surface area (Å²) in [4.78, 5) is 13.8. The van der Waals surface area contributed by atoms with Crippen LogP contribution in [0.1, 0.15) is 40.5 Å². The third-order valence-electron chi connectivity index (χ3n) is 3.80. The molecule has 0 aliphatic carbocycles. The topological polar surface area (TPSA) is 32.3 Å². The van der Waals surface area contributed by atoms with Crippen molar-refractivity contribution in [2.45, 2.75) is 57.7 Å². The summed E-state index contributed by atoms with van der Waals surface area (Å²) in [5.74, 6) is -0.0740. The average molecular weight is 224 g/mol. The molecule has 0 bridgehead atoms. The number of hydrogen-bond acceptors (Lipinski definition) is 2. The van der Waals surface area contributed by atoms with Crippen LogP contribution in [0.2, 0.25) is 0 Å². The zero-order chi connectivity index (χ0) is 12.6. The second kappa shape index (κ2) is 4.21. The van der Waals surface area contributed by atoms with Crippen molar-refractivity contribution in [2.24, 2.45) is 0 Å². The fraction of sp³-hybridized carbons (Fsp3) is 0.769. The summed E-state index contributed by atoms with van der Waals surface area (Å²) in [6.45, 7) is 12.3. The Bertz CT molecular complexity index is 298. The number of piperidine rings is 1. The van der Waals surface area contributed by atoms with E-state index in [9.17, 15) is 4.79 Å². The fourth-order valence-electron chi connectivity index (χ4n) is 2.98. The first-order valence-corrected chi connectivity index (χ1v) is 5.88. The Kier molecular flexibility index (Phi) is 3.48. The van der Waals surface area contributed by atoms with Crippen molar-refractivity contribution in [3.8, 4) is 0 Å². The van der Waals surface area contributed by atoms with Crippen LogP contribution < -0.4 is 5.32 Å². The maximum Gasteiger partial charge on any atom is 0.243 e. The Morgan fingerprint density at radius 2 is 2.06 bits per heavy atom. The number of amides is 1. The molecule has 0 radical (unpaired) electrons. The summed E-state index contributed by atoms with van der Waals surface area (Å²) in [5, 5.41) is 3.07. The molecule has 1 fully saturated rings. The van der Waals surface area contributed by atoms with Crippen molar-refractivity contribution < 1.29 is 4.79 Å². The lowest BCUT2D eigenvalue weighted by molar-refractivity contribution is -0.119. The molecule has 16 heavy (non-hydrogen) atoms. The van der Waals surface area contributed by atoms with Gasteiger partial charge in [-0.1, -0.05) is 6.58 Å². The number of nitrogens with zero attached hydrogens (tertiary/aromatic N) is 1. The first-order chi connectivity index (χ1) is 7.20. The van der Waals surface area contributed by atoms with Crippen molar-refractivity contribution in [2.75, 3.05) is 7.05 Å². The number of carbonyl (C=O) groups is 1. The van der Waals surface area contributed by atoms with Crippen molar-refractivity contribution in [1.29, 1.82) is 0 Å². The predicted octanol–water partition coefficient (Wildman–Crippen LogP) is 1.94. The molecule has 1 aliphatic rings. The molecule has 0 spiro atoms. The van der Waals surface area contributed by atoms with Crippen LogP contribution in [-0.4, -0.2) is 35.0 Å². The van der Waals surface area contributed by atoms with Gasteiger partial charge in [-0.25, -0.2) is 0 Å². The third-order valence-corrected chi connectivity index (χ3v) is 3.80. The van der Waals surface area contributed by atoms with Gasteiger partial charge in [-0.05, 0) is 53.7 Å². The Labute approximate surface area is 98.9 Å². The number of carbonyl (C=O) groups excluding carboxylic acids is 1. The van der Waals surface area contributed by atoms with Gasteiger partial charge in [0, 0.05) is 17.1 Å². The minimum absolute atomic E-state index is 0.0740. The lowest BCUT2D eigenvalue weighted by Gasteiger charge is -2.52. The molecule has 0 aromatic rings. The molecule has 1 amide bonds. The summed E-state index contributed by atoms with van der Waals surface area (Å²) in [7, 11) is 2.15. The fourth-order valence-corrected chi connectivity index (χ4v) is 2.98. The van der Waals surface area contributed by atoms with Gasteiger partial charge in [0.15, 0.2) is 0 Å². The molecular weight excluding hydrogens is 200 g/mol. The normalized spacial score (nSPS) is 34.4. The maximum absolute atomic E-state index is 11.4. The van der Waals surface area contributed by atoms with E-state index in [0.717, 1.165) is 12.8 Å². The first kappa shape index (κ1) is 13.2. The molecule has 0 saturated carbocycles. The van der Waals surface area contributed by atoms with Crippen LogP contribution in [0.4, 0.5) is 0 Å². The molecule has 3 nitrogen and oxygen atoms in total. The highest BCUT2D eigenvalue weighted by Gasteiger charge is 2.43. The predicted molar refractivity (Wildman–Crippen MR) is 67.3 cm³/mol. The van der Waals surface area contributed by atoms with Crippen LogP contribution in [0.25, 0.3) is 0 Å². The molecule has 1 N–H and O–H groups in total. The van der Waals surface area contributed by atoms with Crippen LogP contribution in [0, 0.1) is 0 Å². The molecular formula is C13H24N2O. The molecule has 1 rings (SSSR count). The summed E-state index contributed by atoms with van der Waals surface area (Å²) >= 11 is 0. The van der Waals surface area contributed by atoms with E-state index in [-0.39, 0.29) is 17.0 Å². The molecule has 3 heteroatoms.